The van der Waals surface area contributed by atoms with Crippen LogP contribution in [0, 0.1) is 24.2 Å². The number of carbonyl (C=O) groups is 2. The average molecular weight is 336 g/mol. The molecule has 1 N–H and O–H groups in total. The second-order valence-corrected chi connectivity index (χ2v) is 6.47. The molecule has 24 heavy (non-hydrogen) atoms. The van der Waals surface area contributed by atoms with Crippen molar-refractivity contribution in [2.24, 2.45) is 5.92 Å². The van der Waals surface area contributed by atoms with Crippen LogP contribution in [0.2, 0.25) is 0 Å². The van der Waals surface area contributed by atoms with Crippen molar-refractivity contribution in [1.29, 1.82) is 5.26 Å². The SMILES string of the molecule is Cc1[nH]c2ccccc2c1C(=O)[C@@H](C#N)C(=O)CCc1ccsc1. The van der Waals surface area contributed by atoms with Crippen LogP contribution in [0.3, 0.4) is 0 Å². The summed E-state index contributed by atoms with van der Waals surface area (Å²) in [5.41, 5.74) is 3.02. The fourth-order valence-corrected chi connectivity index (χ4v) is 3.57. The zero-order valence-corrected chi connectivity index (χ0v) is 14.0. The number of aromatic amines is 1. The van der Waals surface area contributed by atoms with Crippen LogP contribution < -0.4 is 0 Å². The molecule has 3 rings (SSSR count). The van der Waals surface area contributed by atoms with Gasteiger partial charge in [0.25, 0.3) is 0 Å². The first-order chi connectivity index (χ1) is 11.6. The van der Waals surface area contributed by atoms with E-state index in [1.54, 1.807) is 18.3 Å². The Morgan fingerprint density at radius 3 is 2.79 bits per heavy atom. The van der Waals surface area contributed by atoms with E-state index in [1.807, 2.05) is 47.2 Å². The molecule has 5 heteroatoms. The van der Waals surface area contributed by atoms with E-state index in [0.29, 0.717) is 17.7 Å². The van der Waals surface area contributed by atoms with Gasteiger partial charge in [0.1, 0.15) is 0 Å². The van der Waals surface area contributed by atoms with E-state index in [4.69, 9.17) is 0 Å². The molecule has 2 heterocycles. The average Bonchev–Trinajstić information content (AvgIpc) is 3.19. The standard InChI is InChI=1S/C19H16N2O2S/c1-12-18(14-4-2-3-5-16(14)21-12)19(23)15(10-20)17(22)7-6-13-8-9-24-11-13/h2-5,8-9,11,15,21H,6-7H2,1H3/t15-/m0/s1. The number of benzene rings is 1. The number of ketones is 2. The van der Waals surface area contributed by atoms with Crippen LogP contribution in [-0.2, 0) is 11.2 Å². The molecular weight excluding hydrogens is 320 g/mol. The van der Waals surface area contributed by atoms with Gasteiger partial charge in [0.15, 0.2) is 17.5 Å². The molecule has 0 saturated heterocycles. The summed E-state index contributed by atoms with van der Waals surface area (Å²) >= 11 is 1.57. The van der Waals surface area contributed by atoms with Crippen molar-refractivity contribution in [3.63, 3.8) is 0 Å². The molecule has 3 aromatic rings. The molecule has 0 aliphatic heterocycles. The zero-order valence-electron chi connectivity index (χ0n) is 13.2. The second-order valence-electron chi connectivity index (χ2n) is 5.69. The third kappa shape index (κ3) is 3.01. The summed E-state index contributed by atoms with van der Waals surface area (Å²) < 4.78 is 0. The molecule has 0 bridgehead atoms. The van der Waals surface area contributed by atoms with Gasteiger partial charge in [-0.05, 0) is 41.8 Å². The molecule has 1 aromatic carbocycles. The molecule has 0 saturated carbocycles. The number of hydrogen-bond acceptors (Lipinski definition) is 4. The van der Waals surface area contributed by atoms with Crippen LogP contribution in [0.25, 0.3) is 10.9 Å². The van der Waals surface area contributed by atoms with Gasteiger partial charge >= 0.3 is 0 Å². The van der Waals surface area contributed by atoms with Crippen LogP contribution in [0.1, 0.15) is 28.0 Å². The highest BCUT2D eigenvalue weighted by molar-refractivity contribution is 7.07. The Bertz CT molecular complexity index is 932. The minimum Gasteiger partial charge on any atom is -0.358 e. The van der Waals surface area contributed by atoms with Crippen LogP contribution in [0.4, 0.5) is 0 Å². The van der Waals surface area contributed by atoms with Gasteiger partial charge in [0.05, 0.1) is 6.07 Å². The summed E-state index contributed by atoms with van der Waals surface area (Å²) in [5.74, 6) is -1.98. The molecular formula is C19H16N2O2S. The van der Waals surface area contributed by atoms with Gasteiger partial charge in [0, 0.05) is 28.6 Å². The Hall–Kier alpha value is -2.71. The number of nitriles is 1. The van der Waals surface area contributed by atoms with E-state index >= 15 is 0 Å². The maximum Gasteiger partial charge on any atom is 0.189 e. The molecule has 0 fully saturated rings. The molecule has 4 nitrogen and oxygen atoms in total. The highest BCUT2D eigenvalue weighted by Gasteiger charge is 2.30. The summed E-state index contributed by atoms with van der Waals surface area (Å²) in [5, 5.41) is 14.1. The van der Waals surface area contributed by atoms with Gasteiger partial charge in [-0.15, -0.1) is 0 Å². The number of Topliss-reactive ketones (excluding diaryl/α,β-unsaturated/α-hetero) is 2. The molecule has 120 valence electrons. The summed E-state index contributed by atoms with van der Waals surface area (Å²) in [7, 11) is 0. The van der Waals surface area contributed by atoms with Gasteiger partial charge in [-0.25, -0.2) is 0 Å². The number of carbonyl (C=O) groups excluding carboxylic acids is 2. The quantitative estimate of drug-likeness (QED) is 0.545. The van der Waals surface area contributed by atoms with Crippen molar-refractivity contribution in [3.8, 4) is 6.07 Å². The number of nitrogens with one attached hydrogen (secondary N) is 1. The summed E-state index contributed by atoms with van der Waals surface area (Å²) in [4.78, 5) is 28.4. The number of para-hydroxylation sites is 1. The van der Waals surface area contributed by atoms with Crippen LogP contribution in [0.15, 0.2) is 41.1 Å². The molecule has 2 aromatic heterocycles. The smallest absolute Gasteiger partial charge is 0.189 e. The first-order valence-corrected chi connectivity index (χ1v) is 8.61. The lowest BCUT2D eigenvalue weighted by Gasteiger charge is -2.07. The number of nitrogens with zero attached hydrogens (tertiary/aromatic N) is 1. The lowest BCUT2D eigenvalue weighted by Crippen LogP contribution is -2.23. The maximum atomic E-state index is 12.8. The first kappa shape index (κ1) is 16.2. The van der Waals surface area contributed by atoms with E-state index in [0.717, 1.165) is 16.5 Å². The number of rotatable bonds is 6. The van der Waals surface area contributed by atoms with E-state index in [2.05, 4.69) is 4.98 Å². The number of fused-ring (bicyclic) bond motifs is 1. The highest BCUT2D eigenvalue weighted by Crippen LogP contribution is 2.25. The summed E-state index contributed by atoms with van der Waals surface area (Å²) in [6.07, 6.45) is 0.753. The lowest BCUT2D eigenvalue weighted by molar-refractivity contribution is -0.120. The minimum absolute atomic E-state index is 0.197. The third-order valence-electron chi connectivity index (χ3n) is 4.09. The maximum absolute atomic E-state index is 12.8. The van der Waals surface area contributed by atoms with Crippen LogP contribution in [-0.4, -0.2) is 16.6 Å². The Morgan fingerprint density at radius 2 is 2.08 bits per heavy atom. The van der Waals surface area contributed by atoms with Crippen molar-refractivity contribution >= 4 is 33.8 Å². The van der Waals surface area contributed by atoms with Gasteiger partial charge in [-0.1, -0.05) is 18.2 Å². The van der Waals surface area contributed by atoms with Gasteiger partial charge < -0.3 is 4.98 Å². The molecule has 0 aliphatic carbocycles. The zero-order chi connectivity index (χ0) is 17.1. The Balaban J connectivity index is 1.84. The summed E-state index contributed by atoms with van der Waals surface area (Å²) in [6, 6.07) is 11.3. The normalized spacial score (nSPS) is 12.0. The molecule has 1 atom stereocenters. The molecule has 0 radical (unpaired) electrons. The third-order valence-corrected chi connectivity index (χ3v) is 4.83. The monoisotopic (exact) mass is 336 g/mol. The number of aryl methyl sites for hydroxylation is 2. The van der Waals surface area contributed by atoms with E-state index in [-0.39, 0.29) is 12.2 Å². The lowest BCUT2D eigenvalue weighted by atomic mass is 9.90. The van der Waals surface area contributed by atoms with Crippen molar-refractivity contribution in [1.82, 2.24) is 4.98 Å². The first-order valence-electron chi connectivity index (χ1n) is 7.66. The number of thiophene rings is 1. The fourth-order valence-electron chi connectivity index (χ4n) is 2.86. The Kier molecular flexibility index (Phi) is 4.59. The van der Waals surface area contributed by atoms with Crippen LogP contribution >= 0.6 is 11.3 Å². The van der Waals surface area contributed by atoms with Crippen molar-refractivity contribution in [2.75, 3.05) is 0 Å². The van der Waals surface area contributed by atoms with Crippen LogP contribution in [0.5, 0.6) is 0 Å². The van der Waals surface area contributed by atoms with Crippen molar-refractivity contribution in [3.05, 3.63) is 57.9 Å². The minimum atomic E-state index is -1.25. The highest BCUT2D eigenvalue weighted by atomic mass is 32.1. The molecule has 0 amide bonds. The predicted molar refractivity (Wildman–Crippen MR) is 94.1 cm³/mol. The van der Waals surface area contributed by atoms with Gasteiger partial charge in [-0.2, -0.15) is 16.6 Å². The number of hydrogen-bond donors (Lipinski definition) is 1. The van der Waals surface area contributed by atoms with Crippen molar-refractivity contribution in [2.45, 2.75) is 19.8 Å². The predicted octanol–water partition coefficient (Wildman–Crippen LogP) is 4.06. The molecule has 0 unspecified atom stereocenters. The van der Waals surface area contributed by atoms with Gasteiger partial charge in [0.2, 0.25) is 0 Å². The van der Waals surface area contributed by atoms with Crippen molar-refractivity contribution < 1.29 is 9.59 Å². The topological polar surface area (TPSA) is 73.7 Å². The second kappa shape index (κ2) is 6.81. The Labute approximate surface area is 143 Å². The largest absolute Gasteiger partial charge is 0.358 e. The molecule has 0 spiro atoms. The summed E-state index contributed by atoms with van der Waals surface area (Å²) in [6.45, 7) is 1.79. The fraction of sp³-hybridized carbons (Fsp3) is 0.211. The van der Waals surface area contributed by atoms with Gasteiger partial charge in [-0.3, -0.25) is 9.59 Å². The van der Waals surface area contributed by atoms with E-state index in [1.165, 1.54) is 0 Å². The molecule has 0 aliphatic rings. The number of H-pyrrole nitrogens is 1. The number of aromatic nitrogens is 1. The Morgan fingerprint density at radius 1 is 1.29 bits per heavy atom. The van der Waals surface area contributed by atoms with E-state index in [9.17, 15) is 14.9 Å². The van der Waals surface area contributed by atoms with E-state index < -0.39 is 11.7 Å².